The minimum Gasteiger partial charge on any atom is -0.335 e. The Hall–Kier alpha value is -1.06. The molecule has 0 aromatic carbocycles. The molecule has 3 fully saturated rings. The average molecular weight is 250 g/mol. The third kappa shape index (κ3) is 1.57. The SMILES string of the molecule is CCC1(N2CCC(=O)N3CCCC3C2=O)CCC1. The Morgan fingerprint density at radius 3 is 2.61 bits per heavy atom. The van der Waals surface area contributed by atoms with E-state index in [1.807, 2.05) is 4.90 Å². The van der Waals surface area contributed by atoms with E-state index in [0.717, 1.165) is 38.6 Å². The van der Waals surface area contributed by atoms with Crippen LogP contribution >= 0.6 is 0 Å². The predicted octanol–water partition coefficient (Wildman–Crippen LogP) is 1.54. The summed E-state index contributed by atoms with van der Waals surface area (Å²) in [6, 6.07) is -0.149. The van der Waals surface area contributed by atoms with Gasteiger partial charge in [-0.1, -0.05) is 6.92 Å². The maximum atomic E-state index is 12.7. The van der Waals surface area contributed by atoms with Gasteiger partial charge in [-0.05, 0) is 38.5 Å². The Balaban J connectivity index is 1.87. The predicted molar refractivity (Wildman–Crippen MR) is 67.9 cm³/mol. The van der Waals surface area contributed by atoms with Gasteiger partial charge >= 0.3 is 0 Å². The second-order valence-electron chi connectivity index (χ2n) is 5.92. The monoisotopic (exact) mass is 250 g/mol. The summed E-state index contributed by atoms with van der Waals surface area (Å²) >= 11 is 0. The van der Waals surface area contributed by atoms with Crippen molar-refractivity contribution in [2.75, 3.05) is 13.1 Å². The third-order valence-electron chi connectivity index (χ3n) is 5.19. The molecule has 2 amide bonds. The lowest BCUT2D eigenvalue weighted by atomic mass is 9.73. The Kier molecular flexibility index (Phi) is 2.83. The van der Waals surface area contributed by atoms with Crippen molar-refractivity contribution in [3.8, 4) is 0 Å². The standard InChI is InChI=1S/C14H22N2O2/c1-2-14(7-4-8-14)16-10-6-12(17)15-9-3-5-11(15)13(16)18/h11H,2-10H2,1H3. The van der Waals surface area contributed by atoms with Crippen LogP contribution in [0.4, 0.5) is 0 Å². The number of rotatable bonds is 2. The number of amides is 2. The van der Waals surface area contributed by atoms with Crippen molar-refractivity contribution in [3.05, 3.63) is 0 Å². The summed E-state index contributed by atoms with van der Waals surface area (Å²) in [5, 5.41) is 0. The fraction of sp³-hybridized carbons (Fsp3) is 0.857. The molecule has 0 aromatic rings. The lowest BCUT2D eigenvalue weighted by Crippen LogP contribution is -2.58. The van der Waals surface area contributed by atoms with Gasteiger partial charge in [-0.3, -0.25) is 9.59 Å². The molecule has 4 heteroatoms. The number of hydrogen-bond donors (Lipinski definition) is 0. The summed E-state index contributed by atoms with van der Waals surface area (Å²) in [4.78, 5) is 28.6. The third-order valence-corrected chi connectivity index (χ3v) is 5.19. The van der Waals surface area contributed by atoms with E-state index >= 15 is 0 Å². The maximum Gasteiger partial charge on any atom is 0.245 e. The van der Waals surface area contributed by atoms with E-state index < -0.39 is 0 Å². The van der Waals surface area contributed by atoms with E-state index in [1.165, 1.54) is 6.42 Å². The van der Waals surface area contributed by atoms with Gasteiger partial charge in [0.15, 0.2) is 0 Å². The van der Waals surface area contributed by atoms with Crippen LogP contribution < -0.4 is 0 Å². The maximum absolute atomic E-state index is 12.7. The number of carbonyl (C=O) groups is 2. The van der Waals surface area contributed by atoms with Gasteiger partial charge in [0.1, 0.15) is 6.04 Å². The van der Waals surface area contributed by atoms with E-state index in [1.54, 1.807) is 0 Å². The van der Waals surface area contributed by atoms with Crippen molar-refractivity contribution in [1.29, 1.82) is 0 Å². The number of hydrogen-bond acceptors (Lipinski definition) is 2. The van der Waals surface area contributed by atoms with E-state index in [2.05, 4.69) is 11.8 Å². The zero-order valence-electron chi connectivity index (χ0n) is 11.2. The van der Waals surface area contributed by atoms with E-state index in [-0.39, 0.29) is 23.4 Å². The van der Waals surface area contributed by atoms with Crippen LogP contribution in [-0.4, -0.2) is 46.3 Å². The molecular weight excluding hydrogens is 228 g/mol. The van der Waals surface area contributed by atoms with Crippen LogP contribution in [0, 0.1) is 0 Å². The normalized spacial score (nSPS) is 31.1. The summed E-state index contributed by atoms with van der Waals surface area (Å²) in [5.41, 5.74) is 0.0793. The van der Waals surface area contributed by atoms with Crippen LogP contribution in [0.3, 0.4) is 0 Å². The first-order chi connectivity index (χ1) is 8.68. The Morgan fingerprint density at radius 2 is 2.00 bits per heavy atom. The molecule has 0 aromatic heterocycles. The molecule has 3 rings (SSSR count). The fourth-order valence-electron chi connectivity index (χ4n) is 3.83. The van der Waals surface area contributed by atoms with Gasteiger partial charge < -0.3 is 9.80 Å². The van der Waals surface area contributed by atoms with Gasteiger partial charge in [0, 0.05) is 25.0 Å². The highest BCUT2D eigenvalue weighted by molar-refractivity contribution is 5.91. The zero-order valence-corrected chi connectivity index (χ0v) is 11.2. The molecule has 2 saturated heterocycles. The van der Waals surface area contributed by atoms with E-state index in [4.69, 9.17) is 0 Å². The Bertz CT molecular complexity index is 370. The summed E-state index contributed by atoms with van der Waals surface area (Å²) < 4.78 is 0. The molecule has 100 valence electrons. The lowest BCUT2D eigenvalue weighted by Gasteiger charge is -2.50. The van der Waals surface area contributed by atoms with Crippen molar-refractivity contribution < 1.29 is 9.59 Å². The molecule has 18 heavy (non-hydrogen) atoms. The van der Waals surface area contributed by atoms with Gasteiger partial charge in [0.2, 0.25) is 11.8 Å². The molecule has 1 unspecified atom stereocenters. The second-order valence-corrected chi connectivity index (χ2v) is 5.92. The number of fused-ring (bicyclic) bond motifs is 1. The molecule has 2 aliphatic heterocycles. The van der Waals surface area contributed by atoms with E-state index in [9.17, 15) is 9.59 Å². The smallest absolute Gasteiger partial charge is 0.245 e. The minimum absolute atomic E-state index is 0.0793. The van der Waals surface area contributed by atoms with Crippen molar-refractivity contribution >= 4 is 11.8 Å². The van der Waals surface area contributed by atoms with Crippen LogP contribution in [0.5, 0.6) is 0 Å². The molecule has 3 aliphatic rings. The van der Waals surface area contributed by atoms with Crippen molar-refractivity contribution in [1.82, 2.24) is 9.80 Å². The van der Waals surface area contributed by atoms with Crippen LogP contribution in [0.1, 0.15) is 51.9 Å². The average Bonchev–Trinajstić information content (AvgIpc) is 2.76. The zero-order chi connectivity index (χ0) is 12.8. The second kappa shape index (κ2) is 4.25. The highest BCUT2D eigenvalue weighted by Crippen LogP contribution is 2.42. The van der Waals surface area contributed by atoms with Gasteiger partial charge in [-0.2, -0.15) is 0 Å². The highest BCUT2D eigenvalue weighted by Gasteiger charge is 2.48. The topological polar surface area (TPSA) is 40.6 Å². The summed E-state index contributed by atoms with van der Waals surface area (Å²) in [6.45, 7) is 3.59. The van der Waals surface area contributed by atoms with Gasteiger partial charge in [0.05, 0.1) is 0 Å². The molecule has 0 spiro atoms. The summed E-state index contributed by atoms with van der Waals surface area (Å²) in [7, 11) is 0. The van der Waals surface area contributed by atoms with Crippen LogP contribution in [-0.2, 0) is 9.59 Å². The lowest BCUT2D eigenvalue weighted by molar-refractivity contribution is -0.146. The van der Waals surface area contributed by atoms with Crippen molar-refractivity contribution in [2.45, 2.75) is 63.5 Å². The molecule has 1 atom stereocenters. The Labute approximate surface area is 108 Å². The van der Waals surface area contributed by atoms with Gasteiger partial charge in [-0.25, -0.2) is 0 Å². The quantitative estimate of drug-likeness (QED) is 0.746. The highest BCUT2D eigenvalue weighted by atomic mass is 16.2. The van der Waals surface area contributed by atoms with E-state index in [0.29, 0.717) is 13.0 Å². The van der Waals surface area contributed by atoms with Gasteiger partial charge in [-0.15, -0.1) is 0 Å². The van der Waals surface area contributed by atoms with Crippen LogP contribution in [0.15, 0.2) is 0 Å². The van der Waals surface area contributed by atoms with Gasteiger partial charge in [0.25, 0.3) is 0 Å². The molecule has 0 bridgehead atoms. The number of carbonyl (C=O) groups excluding carboxylic acids is 2. The molecule has 0 N–H and O–H groups in total. The van der Waals surface area contributed by atoms with Crippen LogP contribution in [0.25, 0.3) is 0 Å². The van der Waals surface area contributed by atoms with Crippen molar-refractivity contribution in [3.63, 3.8) is 0 Å². The molecule has 4 nitrogen and oxygen atoms in total. The first-order valence-electron chi connectivity index (χ1n) is 7.29. The Morgan fingerprint density at radius 1 is 1.22 bits per heavy atom. The summed E-state index contributed by atoms with van der Waals surface area (Å²) in [5.74, 6) is 0.402. The molecule has 2 heterocycles. The first kappa shape index (κ1) is 12.0. The number of nitrogens with zero attached hydrogens (tertiary/aromatic N) is 2. The van der Waals surface area contributed by atoms with Crippen LogP contribution in [0.2, 0.25) is 0 Å². The molecule has 0 radical (unpaired) electrons. The van der Waals surface area contributed by atoms with Crippen molar-refractivity contribution in [2.24, 2.45) is 0 Å². The summed E-state index contributed by atoms with van der Waals surface area (Å²) in [6.07, 6.45) is 6.85. The molecule has 1 saturated carbocycles. The molecular formula is C14H22N2O2. The first-order valence-corrected chi connectivity index (χ1v) is 7.29. The fourth-order valence-corrected chi connectivity index (χ4v) is 3.83. The molecule has 1 aliphatic carbocycles. The minimum atomic E-state index is -0.149. The largest absolute Gasteiger partial charge is 0.335 e.